The Morgan fingerprint density at radius 3 is 2.31 bits per heavy atom. The first-order valence-electron chi connectivity index (χ1n) is 3.16. The predicted molar refractivity (Wildman–Crippen MR) is 47.8 cm³/mol. The Morgan fingerprint density at radius 1 is 1.38 bits per heavy atom. The van der Waals surface area contributed by atoms with Crippen LogP contribution < -0.4 is 5.46 Å². The molecule has 1 rings (SSSR count). The summed E-state index contributed by atoms with van der Waals surface area (Å²) in [4.78, 5) is 13.8. The second-order valence-electron chi connectivity index (χ2n) is 2.16. The lowest BCUT2D eigenvalue weighted by Crippen LogP contribution is -2.30. The van der Waals surface area contributed by atoms with Gasteiger partial charge in [0.05, 0.1) is 0 Å². The average molecular weight is 183 g/mol. The first kappa shape index (κ1) is 11.6. The van der Waals surface area contributed by atoms with Gasteiger partial charge in [-0.25, -0.2) is 9.78 Å². The second kappa shape index (κ2) is 4.59. The molecule has 1 aromatic heterocycles. The molecule has 70 valence electrons. The van der Waals surface area contributed by atoms with Gasteiger partial charge in [-0.2, -0.15) is 0 Å². The van der Waals surface area contributed by atoms with Crippen molar-refractivity contribution in [1.29, 1.82) is 0 Å². The highest BCUT2D eigenvalue weighted by molar-refractivity contribution is 6.58. The third kappa shape index (κ3) is 2.85. The van der Waals surface area contributed by atoms with Crippen LogP contribution in [0.2, 0.25) is 0 Å². The van der Waals surface area contributed by atoms with Gasteiger partial charge in [0.2, 0.25) is 0 Å². The van der Waals surface area contributed by atoms with Crippen molar-refractivity contribution >= 4 is 18.6 Å². The molecule has 1 heterocycles. The molecule has 0 spiro atoms. The number of hydrogen-bond donors (Lipinski definition) is 3. The molecule has 0 aliphatic heterocycles. The predicted octanol–water partition coefficient (Wildman–Crippen LogP) is -0.904. The summed E-state index contributed by atoms with van der Waals surface area (Å²) in [5.74, 6) is -1.14. The molecule has 3 N–H and O–H groups in total. The van der Waals surface area contributed by atoms with E-state index < -0.39 is 13.1 Å². The van der Waals surface area contributed by atoms with Gasteiger partial charge in [-0.05, 0) is 6.07 Å². The van der Waals surface area contributed by atoms with Gasteiger partial charge in [0.25, 0.3) is 0 Å². The maximum absolute atomic E-state index is 10.3. The standard InChI is InChI=1S/C6H6BNO4.CH4/c9-6(10)5-2-1-4(3-8-5)7(11)12;/h1-3,11-12H,(H,9,10);1H4. The van der Waals surface area contributed by atoms with Gasteiger partial charge in [-0.15, -0.1) is 0 Å². The number of pyridine rings is 1. The molecule has 0 bridgehead atoms. The van der Waals surface area contributed by atoms with Crippen LogP contribution in [-0.2, 0) is 0 Å². The van der Waals surface area contributed by atoms with E-state index in [0.29, 0.717) is 0 Å². The highest BCUT2D eigenvalue weighted by atomic mass is 16.4. The van der Waals surface area contributed by atoms with Gasteiger partial charge < -0.3 is 15.2 Å². The first-order chi connectivity index (χ1) is 5.61. The van der Waals surface area contributed by atoms with Crippen LogP contribution >= 0.6 is 0 Å². The Kier molecular flexibility index (Phi) is 4.09. The lowest BCUT2D eigenvalue weighted by atomic mass is 9.82. The van der Waals surface area contributed by atoms with Crippen molar-refractivity contribution < 1.29 is 19.9 Å². The molecule has 0 aliphatic rings. The Labute approximate surface area is 75.8 Å². The SMILES string of the molecule is C.O=C(O)c1ccc(B(O)O)cn1. The fourth-order valence-corrected chi connectivity index (χ4v) is 0.685. The van der Waals surface area contributed by atoms with E-state index in [-0.39, 0.29) is 18.6 Å². The second-order valence-corrected chi connectivity index (χ2v) is 2.16. The Balaban J connectivity index is 0.00000144. The van der Waals surface area contributed by atoms with Crippen LogP contribution in [-0.4, -0.2) is 33.2 Å². The Morgan fingerprint density at radius 2 is 2.00 bits per heavy atom. The zero-order chi connectivity index (χ0) is 9.14. The molecule has 0 saturated heterocycles. The van der Waals surface area contributed by atoms with Crippen LogP contribution in [0, 0.1) is 0 Å². The first-order valence-corrected chi connectivity index (χ1v) is 3.16. The lowest BCUT2D eigenvalue weighted by Gasteiger charge is -1.97. The zero-order valence-electron chi connectivity index (χ0n) is 6.01. The third-order valence-corrected chi connectivity index (χ3v) is 1.30. The summed E-state index contributed by atoms with van der Waals surface area (Å²) in [6.45, 7) is 0. The fraction of sp³-hybridized carbons (Fsp3) is 0.143. The van der Waals surface area contributed by atoms with Gasteiger partial charge in [0.15, 0.2) is 0 Å². The van der Waals surface area contributed by atoms with Crippen molar-refractivity contribution in [3.63, 3.8) is 0 Å². The van der Waals surface area contributed by atoms with Crippen molar-refractivity contribution in [2.75, 3.05) is 0 Å². The van der Waals surface area contributed by atoms with E-state index in [1.165, 1.54) is 12.1 Å². The van der Waals surface area contributed by atoms with Crippen LogP contribution in [0.25, 0.3) is 0 Å². The molecule has 13 heavy (non-hydrogen) atoms. The molecule has 0 atom stereocenters. The number of hydrogen-bond acceptors (Lipinski definition) is 4. The van der Waals surface area contributed by atoms with E-state index in [9.17, 15) is 4.79 Å². The number of aromatic carboxylic acids is 1. The third-order valence-electron chi connectivity index (χ3n) is 1.30. The number of rotatable bonds is 2. The normalized spacial score (nSPS) is 8.77. The van der Waals surface area contributed by atoms with E-state index >= 15 is 0 Å². The fourth-order valence-electron chi connectivity index (χ4n) is 0.685. The highest BCUT2D eigenvalue weighted by Crippen LogP contribution is 1.90. The summed E-state index contributed by atoms with van der Waals surface area (Å²) in [6.07, 6.45) is 1.11. The minimum atomic E-state index is -1.61. The van der Waals surface area contributed by atoms with Gasteiger partial charge in [-0.3, -0.25) is 0 Å². The van der Waals surface area contributed by atoms with Gasteiger partial charge in [-0.1, -0.05) is 13.5 Å². The molecule has 0 unspecified atom stereocenters. The topological polar surface area (TPSA) is 90.7 Å². The number of aromatic nitrogens is 1. The maximum Gasteiger partial charge on any atom is 0.490 e. The van der Waals surface area contributed by atoms with E-state index in [4.69, 9.17) is 15.2 Å². The summed E-state index contributed by atoms with van der Waals surface area (Å²) < 4.78 is 0. The Hall–Kier alpha value is -1.40. The molecule has 0 radical (unpaired) electrons. The summed E-state index contributed by atoms with van der Waals surface area (Å²) in [6, 6.07) is 2.50. The van der Waals surface area contributed by atoms with Crippen molar-refractivity contribution in [2.24, 2.45) is 0 Å². The lowest BCUT2D eigenvalue weighted by molar-refractivity contribution is 0.0690. The molecule has 0 aliphatic carbocycles. The number of carboxylic acid groups (broad SMARTS) is 1. The zero-order valence-corrected chi connectivity index (χ0v) is 6.01. The van der Waals surface area contributed by atoms with Crippen LogP contribution in [0.4, 0.5) is 0 Å². The average Bonchev–Trinajstić information content (AvgIpc) is 2.04. The molecule has 0 amide bonds. The van der Waals surface area contributed by atoms with Crippen LogP contribution in [0.15, 0.2) is 18.3 Å². The van der Waals surface area contributed by atoms with Crippen molar-refractivity contribution in [1.82, 2.24) is 4.98 Å². The summed E-state index contributed by atoms with van der Waals surface area (Å²) >= 11 is 0. The smallest absolute Gasteiger partial charge is 0.477 e. The quantitative estimate of drug-likeness (QED) is 0.516. The summed E-state index contributed by atoms with van der Waals surface area (Å²) in [5.41, 5.74) is 0.0411. The van der Waals surface area contributed by atoms with E-state index in [0.717, 1.165) is 6.20 Å². The molecule has 1 aromatic rings. The molecule has 0 aromatic carbocycles. The maximum atomic E-state index is 10.3. The molecule has 0 fully saturated rings. The van der Waals surface area contributed by atoms with Crippen LogP contribution in [0.3, 0.4) is 0 Å². The highest BCUT2D eigenvalue weighted by Gasteiger charge is 2.12. The molecule has 5 nitrogen and oxygen atoms in total. The van der Waals surface area contributed by atoms with Gasteiger partial charge in [0.1, 0.15) is 5.69 Å². The van der Waals surface area contributed by atoms with Crippen molar-refractivity contribution in [3.8, 4) is 0 Å². The van der Waals surface area contributed by atoms with E-state index in [1.807, 2.05) is 0 Å². The number of nitrogens with zero attached hydrogens (tertiary/aromatic N) is 1. The molecule has 6 heteroatoms. The van der Waals surface area contributed by atoms with E-state index in [2.05, 4.69) is 4.98 Å². The summed E-state index contributed by atoms with van der Waals surface area (Å²) in [5, 5.41) is 25.7. The van der Waals surface area contributed by atoms with Gasteiger partial charge >= 0.3 is 13.1 Å². The molecular formula is C7H10BNO4. The Bertz CT molecular complexity index is 285. The number of carbonyl (C=O) groups is 1. The van der Waals surface area contributed by atoms with Crippen molar-refractivity contribution in [3.05, 3.63) is 24.0 Å². The molecular weight excluding hydrogens is 173 g/mol. The van der Waals surface area contributed by atoms with Gasteiger partial charge in [0, 0.05) is 11.7 Å². The van der Waals surface area contributed by atoms with Crippen molar-refractivity contribution in [2.45, 2.75) is 7.43 Å². The number of carboxylic acids is 1. The minimum Gasteiger partial charge on any atom is -0.477 e. The minimum absolute atomic E-state index is 0. The van der Waals surface area contributed by atoms with Crippen LogP contribution in [0.5, 0.6) is 0 Å². The van der Waals surface area contributed by atoms with Crippen LogP contribution in [0.1, 0.15) is 17.9 Å². The van der Waals surface area contributed by atoms with E-state index in [1.54, 1.807) is 0 Å². The summed E-state index contributed by atoms with van der Waals surface area (Å²) in [7, 11) is -1.61. The monoisotopic (exact) mass is 183 g/mol. The largest absolute Gasteiger partial charge is 0.490 e. The molecule has 0 saturated carbocycles.